The van der Waals surface area contributed by atoms with E-state index in [2.05, 4.69) is 15.4 Å². The van der Waals surface area contributed by atoms with Crippen LogP contribution in [0.1, 0.15) is 40.2 Å². The molecule has 3 amide bonds. The number of nitrogens with zero attached hydrogens (tertiary/aromatic N) is 2. The van der Waals surface area contributed by atoms with Gasteiger partial charge in [-0.25, -0.2) is 4.79 Å². The Morgan fingerprint density at radius 1 is 1.09 bits per heavy atom. The number of alkyl halides is 3. The zero-order chi connectivity index (χ0) is 31.1. The highest BCUT2D eigenvalue weighted by Gasteiger charge is 2.34. The van der Waals surface area contributed by atoms with E-state index in [1.165, 1.54) is 37.1 Å². The van der Waals surface area contributed by atoms with Crippen LogP contribution in [0.4, 0.5) is 18.0 Å². The van der Waals surface area contributed by atoms with Crippen LogP contribution in [0.15, 0.2) is 42.6 Å². The van der Waals surface area contributed by atoms with Crippen LogP contribution in [0.3, 0.4) is 0 Å². The van der Waals surface area contributed by atoms with Crippen LogP contribution in [0.5, 0.6) is 11.5 Å². The van der Waals surface area contributed by atoms with Crippen LogP contribution < -0.4 is 20.1 Å². The summed E-state index contributed by atoms with van der Waals surface area (Å²) >= 11 is 0. The Morgan fingerprint density at radius 2 is 1.84 bits per heavy atom. The van der Waals surface area contributed by atoms with Crippen LogP contribution in [-0.2, 0) is 22.6 Å². The van der Waals surface area contributed by atoms with Gasteiger partial charge in [0, 0.05) is 51.9 Å². The molecule has 1 aromatic heterocycles. The van der Waals surface area contributed by atoms with E-state index in [9.17, 15) is 27.6 Å². The van der Waals surface area contributed by atoms with Gasteiger partial charge in [0.1, 0.15) is 5.75 Å². The van der Waals surface area contributed by atoms with Gasteiger partial charge >= 0.3 is 12.5 Å². The van der Waals surface area contributed by atoms with Gasteiger partial charge in [-0.1, -0.05) is 24.3 Å². The number of benzene rings is 2. The van der Waals surface area contributed by atoms with E-state index in [1.54, 1.807) is 23.1 Å². The summed E-state index contributed by atoms with van der Waals surface area (Å²) in [5.74, 6) is -0.592. The topological polar surface area (TPSA) is 131 Å². The lowest BCUT2D eigenvalue weighted by molar-refractivity contribution is -0.274. The third-order valence-electron chi connectivity index (χ3n) is 7.23. The van der Waals surface area contributed by atoms with Crippen LogP contribution in [0.2, 0.25) is 0 Å². The fraction of sp³-hybridized carbons (Fsp3) is 0.414. The molecular formula is C29H33F3N4O7. The van der Waals surface area contributed by atoms with Crippen molar-refractivity contribution in [1.29, 1.82) is 0 Å². The maximum absolute atomic E-state index is 13.7. The van der Waals surface area contributed by atoms with Gasteiger partial charge in [-0.05, 0) is 42.0 Å². The number of aromatic nitrogens is 1. The number of likely N-dealkylation sites (N-methyl/N-ethyl adjacent to an activating group) is 1. The monoisotopic (exact) mass is 606 g/mol. The van der Waals surface area contributed by atoms with E-state index in [0.29, 0.717) is 42.6 Å². The maximum Gasteiger partial charge on any atom is 0.573 e. The molecule has 0 unspecified atom stereocenters. The number of hydrogen-bond acceptors (Lipinski definition) is 6. The average Bonchev–Trinajstić information content (AvgIpc) is 3.36. The second kappa shape index (κ2) is 13.7. The first-order valence-electron chi connectivity index (χ1n) is 13.6. The molecule has 0 atom stereocenters. The standard InChI is InChI=1S/C29H33F3N4O7/c1-33-25(37)17-42-23-7-6-18(15-34-28(39)40)14-21(23)19-8-10-35(11-9-19)27(38)22-16-36(12-13-41-2)26-20(22)4-3-5-24(26)43-29(30,31)32/h3-7,14,16,19,34H,8-13,15,17H2,1-2H3,(H,33,37)(H,39,40). The molecule has 4 rings (SSSR count). The third-order valence-corrected chi connectivity index (χ3v) is 7.23. The molecule has 1 aliphatic rings. The summed E-state index contributed by atoms with van der Waals surface area (Å²) in [6.45, 7) is 1.04. The molecule has 0 spiro atoms. The number of piperidine rings is 1. The van der Waals surface area contributed by atoms with E-state index < -0.39 is 18.2 Å². The molecule has 3 aromatic rings. The third kappa shape index (κ3) is 7.89. The minimum atomic E-state index is -4.90. The Hall–Kier alpha value is -4.46. The first-order valence-corrected chi connectivity index (χ1v) is 13.6. The predicted molar refractivity (Wildman–Crippen MR) is 149 cm³/mol. The molecule has 11 nitrogen and oxygen atoms in total. The summed E-state index contributed by atoms with van der Waals surface area (Å²) in [5.41, 5.74) is 1.92. The Morgan fingerprint density at radius 3 is 2.49 bits per heavy atom. The number of ether oxygens (including phenoxy) is 3. The van der Waals surface area contributed by atoms with Crippen LogP contribution >= 0.6 is 0 Å². The van der Waals surface area contributed by atoms with Gasteiger partial charge in [-0.2, -0.15) is 0 Å². The second-order valence-corrected chi connectivity index (χ2v) is 9.99. The van der Waals surface area contributed by atoms with Crippen molar-refractivity contribution in [3.63, 3.8) is 0 Å². The number of rotatable bonds is 11. The highest BCUT2D eigenvalue weighted by Crippen LogP contribution is 2.37. The first kappa shape index (κ1) is 31.5. The summed E-state index contributed by atoms with van der Waals surface area (Å²) in [7, 11) is 2.97. The number of nitrogens with one attached hydrogen (secondary N) is 2. The number of amides is 3. The van der Waals surface area contributed by atoms with Gasteiger partial charge < -0.3 is 39.4 Å². The van der Waals surface area contributed by atoms with E-state index in [-0.39, 0.29) is 55.1 Å². The zero-order valence-corrected chi connectivity index (χ0v) is 23.7. The summed E-state index contributed by atoms with van der Waals surface area (Å²) < 4.78 is 56.1. The second-order valence-electron chi connectivity index (χ2n) is 9.99. The van der Waals surface area contributed by atoms with Crippen molar-refractivity contribution < 1.29 is 46.9 Å². The number of halogens is 3. The van der Waals surface area contributed by atoms with E-state index in [0.717, 1.165) is 5.56 Å². The van der Waals surface area contributed by atoms with Crippen molar-refractivity contribution in [2.75, 3.05) is 40.5 Å². The molecule has 0 radical (unpaired) electrons. The lowest BCUT2D eigenvalue weighted by atomic mass is 9.87. The Balaban J connectivity index is 1.56. The van der Waals surface area contributed by atoms with Crippen molar-refractivity contribution in [2.45, 2.75) is 38.2 Å². The number of hydrogen-bond donors (Lipinski definition) is 3. The van der Waals surface area contributed by atoms with Crippen molar-refractivity contribution in [3.05, 3.63) is 59.3 Å². The Bertz CT molecular complexity index is 1470. The van der Waals surface area contributed by atoms with Gasteiger partial charge in [0.05, 0.1) is 17.7 Å². The number of fused-ring (bicyclic) bond motifs is 1. The summed E-state index contributed by atoms with van der Waals surface area (Å²) in [4.78, 5) is 38.1. The van der Waals surface area contributed by atoms with Gasteiger partial charge in [-0.3, -0.25) is 9.59 Å². The smallest absolute Gasteiger partial charge is 0.483 e. The Kier molecular flexibility index (Phi) is 10.0. The summed E-state index contributed by atoms with van der Waals surface area (Å²) in [6.07, 6.45) is -3.44. The molecule has 1 aliphatic heterocycles. The molecule has 1 fully saturated rings. The lowest BCUT2D eigenvalue weighted by Gasteiger charge is -2.33. The molecule has 232 valence electrons. The number of para-hydroxylation sites is 1. The molecule has 0 bridgehead atoms. The number of carboxylic acid groups (broad SMARTS) is 1. The molecule has 43 heavy (non-hydrogen) atoms. The first-order chi connectivity index (χ1) is 20.5. The SMILES string of the molecule is CNC(=O)COc1ccc(CNC(=O)O)cc1C1CCN(C(=O)c2cn(CCOC)c3c(OC(F)(F)F)cccc23)CC1. The minimum Gasteiger partial charge on any atom is -0.483 e. The van der Waals surface area contributed by atoms with E-state index >= 15 is 0 Å². The minimum absolute atomic E-state index is 0.0525. The number of likely N-dealkylation sites (tertiary alicyclic amines) is 1. The van der Waals surface area contributed by atoms with Gasteiger partial charge in [0.2, 0.25) is 0 Å². The fourth-order valence-electron chi connectivity index (χ4n) is 5.18. The maximum atomic E-state index is 13.7. The van der Waals surface area contributed by atoms with Crippen molar-refractivity contribution >= 4 is 28.8 Å². The van der Waals surface area contributed by atoms with E-state index in [4.69, 9.17) is 14.6 Å². The van der Waals surface area contributed by atoms with Gasteiger partial charge in [0.25, 0.3) is 11.8 Å². The summed E-state index contributed by atoms with van der Waals surface area (Å²) in [6, 6.07) is 9.47. The van der Waals surface area contributed by atoms with E-state index in [1.807, 2.05) is 6.07 Å². The van der Waals surface area contributed by atoms with Crippen molar-refractivity contribution in [3.8, 4) is 11.5 Å². The molecule has 2 aromatic carbocycles. The van der Waals surface area contributed by atoms with Crippen molar-refractivity contribution in [1.82, 2.24) is 20.1 Å². The number of carbonyl (C=O) groups is 3. The van der Waals surface area contributed by atoms with Gasteiger partial charge in [0.15, 0.2) is 12.4 Å². The summed E-state index contributed by atoms with van der Waals surface area (Å²) in [5, 5.41) is 14.2. The van der Waals surface area contributed by atoms with Gasteiger partial charge in [-0.15, -0.1) is 13.2 Å². The molecule has 2 heterocycles. The molecule has 3 N–H and O–H groups in total. The lowest BCUT2D eigenvalue weighted by Crippen LogP contribution is -2.38. The molecule has 14 heteroatoms. The highest BCUT2D eigenvalue weighted by atomic mass is 19.4. The van der Waals surface area contributed by atoms with Crippen molar-refractivity contribution in [2.24, 2.45) is 0 Å². The molecule has 1 saturated heterocycles. The zero-order valence-electron chi connectivity index (χ0n) is 23.7. The predicted octanol–water partition coefficient (Wildman–Crippen LogP) is 4.10. The van der Waals surface area contributed by atoms with Crippen LogP contribution in [0.25, 0.3) is 10.9 Å². The van der Waals surface area contributed by atoms with Crippen LogP contribution in [0, 0.1) is 0 Å². The Labute approximate surface area is 245 Å². The molecule has 0 saturated carbocycles. The quantitative estimate of drug-likeness (QED) is 0.300. The average molecular weight is 607 g/mol. The normalized spacial score (nSPS) is 14.0. The highest BCUT2D eigenvalue weighted by molar-refractivity contribution is 6.08. The number of methoxy groups -OCH3 is 1. The number of carbonyl (C=O) groups excluding carboxylic acids is 2. The molecule has 0 aliphatic carbocycles. The molecular weight excluding hydrogens is 573 g/mol. The largest absolute Gasteiger partial charge is 0.573 e. The fourth-order valence-corrected chi connectivity index (χ4v) is 5.18. The van der Waals surface area contributed by atoms with Crippen LogP contribution in [-0.4, -0.2) is 79.3 Å².